The molecule has 0 aliphatic heterocycles. The molecule has 0 saturated heterocycles. The van der Waals surface area contributed by atoms with Crippen molar-refractivity contribution in [3.8, 4) is 5.75 Å². The van der Waals surface area contributed by atoms with Crippen LogP contribution >= 0.6 is 22.6 Å². The summed E-state index contributed by atoms with van der Waals surface area (Å²) in [6.07, 6.45) is 11.0. The van der Waals surface area contributed by atoms with Gasteiger partial charge >= 0.3 is 5.97 Å². The normalized spacial score (nSPS) is 19.4. The molecule has 1 atom stereocenters. The van der Waals surface area contributed by atoms with Crippen molar-refractivity contribution < 1.29 is 19.1 Å². The highest BCUT2D eigenvalue weighted by molar-refractivity contribution is 14.1. The minimum atomic E-state index is -0.392. The first-order chi connectivity index (χ1) is 11.4. The molecule has 5 heteroatoms. The maximum atomic E-state index is 11.5. The lowest BCUT2D eigenvalue weighted by molar-refractivity contribution is -0.139. The van der Waals surface area contributed by atoms with Crippen molar-refractivity contribution >= 4 is 34.8 Å². The van der Waals surface area contributed by atoms with Gasteiger partial charge in [-0.1, -0.05) is 53.0 Å². The molecular formula is C19H19IO4. The van der Waals surface area contributed by atoms with Gasteiger partial charge in [0.05, 0.1) is 17.0 Å². The molecule has 0 amide bonds. The van der Waals surface area contributed by atoms with Crippen LogP contribution in [0, 0.1) is 0 Å². The number of carbonyl (C=O) groups is 2. The molecule has 0 fully saturated rings. The van der Waals surface area contributed by atoms with Crippen LogP contribution in [0.4, 0.5) is 0 Å². The largest absolute Gasteiger partial charge is 0.489 e. The number of allylic oxidation sites excluding steroid dienone is 4. The van der Waals surface area contributed by atoms with E-state index in [4.69, 9.17) is 4.74 Å². The second-order valence-electron chi connectivity index (χ2n) is 5.61. The van der Waals surface area contributed by atoms with Crippen LogP contribution in [-0.2, 0) is 16.0 Å². The van der Waals surface area contributed by atoms with Crippen LogP contribution in [0.25, 0.3) is 0 Å². The van der Waals surface area contributed by atoms with Crippen molar-refractivity contribution in [1.29, 1.82) is 0 Å². The average molecular weight is 438 g/mol. The molecule has 0 saturated carbocycles. The Kier molecular flexibility index (Phi) is 6.36. The highest BCUT2D eigenvalue weighted by atomic mass is 127. The van der Waals surface area contributed by atoms with Gasteiger partial charge in [0.1, 0.15) is 18.6 Å². The third-order valence-electron chi connectivity index (χ3n) is 3.52. The van der Waals surface area contributed by atoms with Crippen molar-refractivity contribution in [2.75, 3.05) is 13.7 Å². The first-order valence-corrected chi connectivity index (χ1v) is 8.55. The molecule has 24 heavy (non-hydrogen) atoms. The van der Waals surface area contributed by atoms with Crippen molar-refractivity contribution in [1.82, 2.24) is 0 Å². The Morgan fingerprint density at radius 1 is 1.33 bits per heavy atom. The molecule has 126 valence electrons. The third-order valence-corrected chi connectivity index (χ3v) is 4.19. The number of hydrogen-bond acceptors (Lipinski definition) is 4. The molecule has 1 aliphatic carbocycles. The first-order valence-electron chi connectivity index (χ1n) is 7.48. The van der Waals surface area contributed by atoms with Gasteiger partial charge in [-0.15, -0.1) is 0 Å². The number of halogens is 1. The van der Waals surface area contributed by atoms with Crippen molar-refractivity contribution in [2.45, 2.75) is 16.8 Å². The number of esters is 1. The second kappa shape index (κ2) is 8.28. The highest BCUT2D eigenvalue weighted by Gasteiger charge is 2.15. The summed E-state index contributed by atoms with van der Waals surface area (Å²) in [4.78, 5) is 22.6. The lowest BCUT2D eigenvalue weighted by atomic mass is 10.1. The Bertz CT molecular complexity index is 714. The maximum absolute atomic E-state index is 11.5. The van der Waals surface area contributed by atoms with Gasteiger partial charge in [-0.3, -0.25) is 9.59 Å². The SMILES string of the molecule is COC(=O)Cc1cc(OCC2=CC(C)(I)C=CC=C2)ccc1C=O. The zero-order chi connectivity index (χ0) is 17.6. The van der Waals surface area contributed by atoms with Crippen LogP contribution in [0.1, 0.15) is 22.8 Å². The topological polar surface area (TPSA) is 52.6 Å². The Labute approximate surface area is 155 Å². The minimum absolute atomic E-state index is 0.0418. The highest BCUT2D eigenvalue weighted by Crippen LogP contribution is 2.26. The average Bonchev–Trinajstić information content (AvgIpc) is 2.73. The summed E-state index contributed by atoms with van der Waals surface area (Å²) >= 11 is 2.37. The molecule has 0 heterocycles. The molecule has 4 nitrogen and oxygen atoms in total. The number of carbonyl (C=O) groups excluding carboxylic acids is 2. The predicted octanol–water partition coefficient (Wildman–Crippen LogP) is 3.84. The van der Waals surface area contributed by atoms with Crippen LogP contribution in [0.2, 0.25) is 0 Å². The maximum Gasteiger partial charge on any atom is 0.310 e. The van der Waals surface area contributed by atoms with Gasteiger partial charge in [-0.2, -0.15) is 0 Å². The van der Waals surface area contributed by atoms with Gasteiger partial charge in [0.2, 0.25) is 0 Å². The monoisotopic (exact) mass is 438 g/mol. The Hall–Kier alpha value is -1.89. The molecular weight excluding hydrogens is 419 g/mol. The van der Waals surface area contributed by atoms with Crippen LogP contribution in [0.15, 0.2) is 54.2 Å². The van der Waals surface area contributed by atoms with Crippen LogP contribution in [0.5, 0.6) is 5.75 Å². The summed E-state index contributed by atoms with van der Waals surface area (Å²) in [5, 5.41) is 0. The van der Waals surface area contributed by atoms with E-state index >= 15 is 0 Å². The van der Waals surface area contributed by atoms with E-state index in [1.165, 1.54) is 7.11 Å². The van der Waals surface area contributed by atoms with E-state index in [1.54, 1.807) is 18.2 Å². The molecule has 0 aromatic heterocycles. The summed E-state index contributed by atoms with van der Waals surface area (Å²) in [5.74, 6) is 0.220. The molecule has 1 aromatic rings. The summed E-state index contributed by atoms with van der Waals surface area (Å²) in [6, 6.07) is 5.10. The van der Waals surface area contributed by atoms with Crippen LogP contribution in [-0.4, -0.2) is 29.4 Å². The molecule has 1 unspecified atom stereocenters. The standard InChI is InChI=1S/C19H19IO4/c1-19(20)8-4-3-5-14(11-19)13-24-17-7-6-15(12-21)16(9-17)10-18(22)23-2/h3-9,11-12H,10,13H2,1-2H3. The van der Waals surface area contributed by atoms with Gasteiger partial charge in [0, 0.05) is 5.56 Å². The van der Waals surface area contributed by atoms with E-state index in [9.17, 15) is 9.59 Å². The smallest absolute Gasteiger partial charge is 0.310 e. The van der Waals surface area contributed by atoms with E-state index < -0.39 is 5.97 Å². The molecule has 1 aromatic carbocycles. The number of ether oxygens (including phenoxy) is 2. The second-order valence-corrected chi connectivity index (χ2v) is 7.93. The Morgan fingerprint density at radius 2 is 2.12 bits per heavy atom. The minimum Gasteiger partial charge on any atom is -0.489 e. The quantitative estimate of drug-likeness (QED) is 0.293. The Balaban J connectivity index is 2.13. The van der Waals surface area contributed by atoms with Gasteiger partial charge in [0.15, 0.2) is 0 Å². The number of aldehydes is 1. The number of rotatable bonds is 6. The fraction of sp³-hybridized carbons (Fsp3) is 0.263. The number of benzene rings is 1. The number of alkyl halides is 1. The number of methoxy groups -OCH3 is 1. The van der Waals surface area contributed by atoms with Gasteiger partial charge in [-0.25, -0.2) is 0 Å². The fourth-order valence-corrected chi connectivity index (χ4v) is 2.91. The zero-order valence-corrected chi connectivity index (χ0v) is 15.8. The summed E-state index contributed by atoms with van der Waals surface area (Å²) < 4.78 is 10.4. The van der Waals surface area contributed by atoms with Gasteiger partial charge in [-0.05, 0) is 36.3 Å². The van der Waals surface area contributed by atoms with E-state index in [-0.39, 0.29) is 9.84 Å². The van der Waals surface area contributed by atoms with E-state index in [1.807, 2.05) is 18.2 Å². The molecule has 0 radical (unpaired) electrons. The predicted molar refractivity (Wildman–Crippen MR) is 102 cm³/mol. The summed E-state index contributed by atoms with van der Waals surface area (Å²) in [7, 11) is 1.32. The van der Waals surface area contributed by atoms with E-state index in [2.05, 4.69) is 46.4 Å². The molecule has 0 spiro atoms. The lowest BCUT2D eigenvalue weighted by Gasteiger charge is -2.14. The Morgan fingerprint density at radius 3 is 2.83 bits per heavy atom. The van der Waals surface area contributed by atoms with Crippen molar-refractivity contribution in [2.24, 2.45) is 0 Å². The fourth-order valence-electron chi connectivity index (χ4n) is 2.31. The molecule has 1 aliphatic rings. The van der Waals surface area contributed by atoms with Crippen LogP contribution in [0.3, 0.4) is 0 Å². The lowest BCUT2D eigenvalue weighted by Crippen LogP contribution is -2.10. The van der Waals surface area contributed by atoms with Crippen molar-refractivity contribution in [3.63, 3.8) is 0 Å². The molecule has 0 bridgehead atoms. The van der Waals surface area contributed by atoms with Gasteiger partial charge in [0.25, 0.3) is 0 Å². The molecule has 2 rings (SSSR count). The third kappa shape index (κ3) is 5.33. The van der Waals surface area contributed by atoms with E-state index in [0.717, 1.165) is 11.9 Å². The molecule has 0 N–H and O–H groups in total. The first kappa shape index (κ1) is 18.4. The van der Waals surface area contributed by atoms with E-state index in [0.29, 0.717) is 23.5 Å². The van der Waals surface area contributed by atoms with Crippen LogP contribution < -0.4 is 4.74 Å². The van der Waals surface area contributed by atoms with Gasteiger partial charge < -0.3 is 9.47 Å². The zero-order valence-electron chi connectivity index (χ0n) is 13.6. The summed E-state index contributed by atoms with van der Waals surface area (Å²) in [5.41, 5.74) is 2.12. The number of hydrogen-bond donors (Lipinski definition) is 0. The summed E-state index contributed by atoms with van der Waals surface area (Å²) in [6.45, 7) is 2.53. The van der Waals surface area contributed by atoms with Crippen molar-refractivity contribution in [3.05, 3.63) is 65.3 Å².